The van der Waals surface area contributed by atoms with Crippen LogP contribution in [0, 0.1) is 5.95 Å². The predicted octanol–water partition coefficient (Wildman–Crippen LogP) is 2.58. The van der Waals surface area contributed by atoms with Gasteiger partial charge in [0.2, 0.25) is 11.8 Å². The van der Waals surface area contributed by atoms with E-state index < -0.39 is 18.0 Å². The van der Waals surface area contributed by atoms with Gasteiger partial charge in [-0.2, -0.15) is 9.37 Å². The molecule has 2 N–H and O–H groups in total. The van der Waals surface area contributed by atoms with E-state index in [2.05, 4.69) is 4.98 Å². The molecule has 1 aliphatic rings. The SMILES string of the molecule is C[C@@H](Oc1nc(F)c(Cl)c(N)c1Cl)C(=O)OC1CC1. The van der Waals surface area contributed by atoms with Crippen LogP contribution in [0.4, 0.5) is 10.1 Å². The number of nitrogens with two attached hydrogens (primary N) is 1. The number of pyridine rings is 1. The summed E-state index contributed by atoms with van der Waals surface area (Å²) in [6.45, 7) is 1.45. The second-order valence-electron chi connectivity index (χ2n) is 4.15. The third-order valence-corrected chi connectivity index (χ3v) is 3.19. The first-order chi connectivity index (χ1) is 8.90. The van der Waals surface area contributed by atoms with Crippen LogP contribution in [0.2, 0.25) is 10.0 Å². The minimum atomic E-state index is -1.01. The van der Waals surface area contributed by atoms with E-state index in [1.807, 2.05) is 0 Å². The second-order valence-corrected chi connectivity index (χ2v) is 4.90. The van der Waals surface area contributed by atoms with Crippen molar-refractivity contribution in [2.45, 2.75) is 32.0 Å². The zero-order valence-corrected chi connectivity index (χ0v) is 11.5. The summed E-state index contributed by atoms with van der Waals surface area (Å²) in [6.07, 6.45) is 0.680. The maximum Gasteiger partial charge on any atom is 0.347 e. The van der Waals surface area contributed by atoms with Gasteiger partial charge in [-0.3, -0.25) is 0 Å². The van der Waals surface area contributed by atoms with E-state index in [9.17, 15) is 9.18 Å². The summed E-state index contributed by atoms with van der Waals surface area (Å²) in [5, 5.41) is -0.525. The second kappa shape index (κ2) is 5.38. The number of aromatic nitrogens is 1. The van der Waals surface area contributed by atoms with Crippen molar-refractivity contribution in [1.29, 1.82) is 0 Å². The molecule has 1 aromatic rings. The van der Waals surface area contributed by atoms with E-state index in [1.54, 1.807) is 0 Å². The Morgan fingerprint density at radius 2 is 2.11 bits per heavy atom. The summed E-state index contributed by atoms with van der Waals surface area (Å²) in [4.78, 5) is 15.0. The number of rotatable bonds is 4. The first kappa shape index (κ1) is 14.1. The molecule has 2 rings (SSSR count). The van der Waals surface area contributed by atoms with Gasteiger partial charge in [-0.05, 0) is 19.8 Å². The Bertz CT molecular complexity index is 523. The number of hydrogen-bond donors (Lipinski definition) is 1. The van der Waals surface area contributed by atoms with Gasteiger partial charge >= 0.3 is 5.97 Å². The van der Waals surface area contributed by atoms with E-state index in [0.717, 1.165) is 12.8 Å². The molecule has 1 fully saturated rings. The summed E-state index contributed by atoms with van der Waals surface area (Å²) in [5.74, 6) is -1.86. The molecule has 8 heteroatoms. The van der Waals surface area contributed by atoms with Gasteiger partial charge in [0.1, 0.15) is 16.1 Å². The summed E-state index contributed by atoms with van der Waals surface area (Å²) >= 11 is 11.4. The van der Waals surface area contributed by atoms with Crippen LogP contribution in [0.3, 0.4) is 0 Å². The molecular formula is C11H11Cl2FN2O3. The van der Waals surface area contributed by atoms with Crippen molar-refractivity contribution in [2.75, 3.05) is 5.73 Å². The number of ether oxygens (including phenoxy) is 2. The van der Waals surface area contributed by atoms with Crippen molar-refractivity contribution < 1.29 is 18.7 Å². The number of halogens is 3. The first-order valence-electron chi connectivity index (χ1n) is 5.57. The predicted molar refractivity (Wildman–Crippen MR) is 67.8 cm³/mol. The molecule has 0 aromatic carbocycles. The monoisotopic (exact) mass is 308 g/mol. The number of nitrogens with zero attached hydrogens (tertiary/aromatic N) is 1. The van der Waals surface area contributed by atoms with E-state index in [-0.39, 0.29) is 27.7 Å². The Kier molecular flexibility index (Phi) is 4.01. The van der Waals surface area contributed by atoms with Gasteiger partial charge in [-0.15, -0.1) is 0 Å². The van der Waals surface area contributed by atoms with Crippen molar-refractivity contribution >= 4 is 34.9 Å². The molecule has 1 aliphatic carbocycles. The normalized spacial score (nSPS) is 16.0. The highest BCUT2D eigenvalue weighted by Crippen LogP contribution is 2.35. The largest absolute Gasteiger partial charge is 0.461 e. The average molecular weight is 309 g/mol. The molecule has 104 valence electrons. The molecule has 1 saturated carbocycles. The molecule has 0 unspecified atom stereocenters. The van der Waals surface area contributed by atoms with E-state index in [1.165, 1.54) is 6.92 Å². The van der Waals surface area contributed by atoms with Crippen LogP contribution in [0.5, 0.6) is 5.88 Å². The van der Waals surface area contributed by atoms with Crippen LogP contribution in [-0.2, 0) is 9.53 Å². The Morgan fingerprint density at radius 3 is 2.68 bits per heavy atom. The Balaban J connectivity index is 2.11. The maximum atomic E-state index is 13.3. The fourth-order valence-corrected chi connectivity index (χ4v) is 1.62. The minimum Gasteiger partial charge on any atom is -0.461 e. The fourth-order valence-electron chi connectivity index (χ4n) is 1.25. The van der Waals surface area contributed by atoms with Crippen LogP contribution in [0.25, 0.3) is 0 Å². The Hall–Kier alpha value is -1.27. The van der Waals surface area contributed by atoms with Crippen LogP contribution in [0.15, 0.2) is 0 Å². The molecule has 0 bridgehead atoms. The molecule has 1 heterocycles. The minimum absolute atomic E-state index is 0.0472. The number of hydrogen-bond acceptors (Lipinski definition) is 5. The summed E-state index contributed by atoms with van der Waals surface area (Å²) in [6, 6.07) is 0. The van der Waals surface area contributed by atoms with E-state index in [0.29, 0.717) is 0 Å². The molecule has 1 atom stereocenters. The highest BCUT2D eigenvalue weighted by Gasteiger charge is 2.30. The van der Waals surface area contributed by atoms with Gasteiger partial charge in [0.15, 0.2) is 6.10 Å². The third-order valence-electron chi connectivity index (χ3n) is 2.47. The van der Waals surface area contributed by atoms with Crippen LogP contribution < -0.4 is 10.5 Å². The van der Waals surface area contributed by atoms with Gasteiger partial charge in [0.05, 0.1) is 5.69 Å². The lowest BCUT2D eigenvalue weighted by Crippen LogP contribution is -2.27. The van der Waals surface area contributed by atoms with E-state index >= 15 is 0 Å². The highest BCUT2D eigenvalue weighted by atomic mass is 35.5. The molecule has 5 nitrogen and oxygen atoms in total. The number of anilines is 1. The zero-order valence-electron chi connectivity index (χ0n) is 9.95. The summed E-state index contributed by atoms with van der Waals surface area (Å²) < 4.78 is 23.5. The molecular weight excluding hydrogens is 298 g/mol. The standard InChI is InChI=1S/C11H11Cl2FN2O3/c1-4(11(17)19-5-2-3-5)18-10-7(13)8(15)6(12)9(14)16-10/h4-5H,2-3H2,1H3,(H2,15,16)/t4-/m1/s1. The van der Waals surface area contributed by atoms with Crippen molar-refractivity contribution in [2.24, 2.45) is 0 Å². The lowest BCUT2D eigenvalue weighted by Gasteiger charge is -2.15. The van der Waals surface area contributed by atoms with Gasteiger partial charge < -0.3 is 15.2 Å². The van der Waals surface area contributed by atoms with Gasteiger partial charge in [-0.25, -0.2) is 4.79 Å². The molecule has 1 aromatic heterocycles. The highest BCUT2D eigenvalue weighted by molar-refractivity contribution is 6.39. The smallest absolute Gasteiger partial charge is 0.347 e. The lowest BCUT2D eigenvalue weighted by atomic mass is 10.4. The van der Waals surface area contributed by atoms with Crippen LogP contribution >= 0.6 is 23.2 Å². The Labute approximate surface area is 118 Å². The maximum absolute atomic E-state index is 13.3. The average Bonchev–Trinajstić information content (AvgIpc) is 3.17. The quantitative estimate of drug-likeness (QED) is 0.683. The van der Waals surface area contributed by atoms with Crippen molar-refractivity contribution in [1.82, 2.24) is 4.98 Å². The Morgan fingerprint density at radius 1 is 1.47 bits per heavy atom. The number of carbonyl (C=O) groups excluding carboxylic acids is 1. The fraction of sp³-hybridized carbons (Fsp3) is 0.455. The number of nitrogen functional groups attached to an aromatic ring is 1. The first-order valence-corrected chi connectivity index (χ1v) is 6.33. The van der Waals surface area contributed by atoms with E-state index in [4.69, 9.17) is 38.4 Å². The van der Waals surface area contributed by atoms with Crippen molar-refractivity contribution in [3.63, 3.8) is 0 Å². The van der Waals surface area contributed by atoms with Crippen LogP contribution in [-0.4, -0.2) is 23.2 Å². The van der Waals surface area contributed by atoms with Crippen molar-refractivity contribution in [3.8, 4) is 5.88 Å². The molecule has 0 saturated heterocycles. The molecule has 0 radical (unpaired) electrons. The molecule has 0 spiro atoms. The zero-order chi connectivity index (χ0) is 14.2. The van der Waals surface area contributed by atoms with Gasteiger partial charge in [0.25, 0.3) is 0 Å². The number of carbonyl (C=O) groups is 1. The van der Waals surface area contributed by atoms with Crippen molar-refractivity contribution in [3.05, 3.63) is 16.0 Å². The van der Waals surface area contributed by atoms with Gasteiger partial charge in [-0.1, -0.05) is 23.2 Å². The lowest BCUT2D eigenvalue weighted by molar-refractivity contribution is -0.152. The number of esters is 1. The summed E-state index contributed by atoms with van der Waals surface area (Å²) in [7, 11) is 0. The topological polar surface area (TPSA) is 74.4 Å². The van der Waals surface area contributed by atoms with Gasteiger partial charge in [0, 0.05) is 0 Å². The third kappa shape index (κ3) is 3.19. The molecule has 19 heavy (non-hydrogen) atoms. The molecule has 0 aliphatic heterocycles. The summed E-state index contributed by atoms with van der Waals surface area (Å²) in [5.41, 5.74) is 5.30. The molecule has 0 amide bonds. The van der Waals surface area contributed by atoms with Crippen LogP contribution in [0.1, 0.15) is 19.8 Å².